The summed E-state index contributed by atoms with van der Waals surface area (Å²) in [4.78, 5) is 2.19. The standard InChI is InChI=1S/C17H21FN2/c1-20(9-5-8-14-6-3-2-4-7-14)13-15-10-16(18)12-17(19)11-15/h2-4,6-7,10-12H,5,8-9,13,19H2,1H3. The molecule has 0 aliphatic carbocycles. The molecule has 106 valence electrons. The Labute approximate surface area is 120 Å². The number of benzene rings is 2. The molecule has 0 heterocycles. The van der Waals surface area contributed by atoms with E-state index in [0.29, 0.717) is 5.69 Å². The number of halogens is 1. The molecule has 0 bridgehead atoms. The van der Waals surface area contributed by atoms with Crippen LogP contribution in [0.3, 0.4) is 0 Å². The molecule has 2 N–H and O–H groups in total. The van der Waals surface area contributed by atoms with Crippen molar-refractivity contribution in [1.29, 1.82) is 0 Å². The van der Waals surface area contributed by atoms with Crippen LogP contribution < -0.4 is 5.73 Å². The molecule has 0 atom stereocenters. The lowest BCUT2D eigenvalue weighted by Gasteiger charge is -2.17. The average Bonchev–Trinajstić information content (AvgIpc) is 2.38. The summed E-state index contributed by atoms with van der Waals surface area (Å²) in [6.45, 7) is 1.70. The number of nitrogens with zero attached hydrogens (tertiary/aromatic N) is 1. The van der Waals surface area contributed by atoms with Gasteiger partial charge in [0.05, 0.1) is 0 Å². The molecule has 0 aromatic heterocycles. The van der Waals surface area contributed by atoms with E-state index in [2.05, 4.69) is 29.2 Å². The van der Waals surface area contributed by atoms with Gasteiger partial charge in [0, 0.05) is 12.2 Å². The Bertz CT molecular complexity index is 520. The molecule has 0 fully saturated rings. The Morgan fingerprint density at radius 3 is 2.50 bits per heavy atom. The maximum Gasteiger partial charge on any atom is 0.125 e. The Balaban J connectivity index is 1.79. The Kier molecular flexibility index (Phi) is 5.13. The highest BCUT2D eigenvalue weighted by molar-refractivity contribution is 5.41. The van der Waals surface area contributed by atoms with E-state index in [1.54, 1.807) is 6.07 Å². The minimum atomic E-state index is -0.266. The zero-order chi connectivity index (χ0) is 14.4. The molecule has 0 aliphatic heterocycles. The van der Waals surface area contributed by atoms with Crippen molar-refractivity contribution in [2.75, 3.05) is 19.3 Å². The topological polar surface area (TPSA) is 29.3 Å². The fourth-order valence-corrected chi connectivity index (χ4v) is 2.36. The molecule has 20 heavy (non-hydrogen) atoms. The zero-order valence-electron chi connectivity index (χ0n) is 11.8. The van der Waals surface area contributed by atoms with E-state index in [-0.39, 0.29) is 5.82 Å². The Hall–Kier alpha value is -1.87. The minimum Gasteiger partial charge on any atom is -0.399 e. The Morgan fingerprint density at radius 1 is 1.05 bits per heavy atom. The third kappa shape index (κ3) is 4.67. The average molecular weight is 272 g/mol. The predicted molar refractivity (Wildman–Crippen MR) is 81.9 cm³/mol. The highest BCUT2D eigenvalue weighted by Gasteiger charge is 2.03. The van der Waals surface area contributed by atoms with Crippen LogP contribution in [-0.2, 0) is 13.0 Å². The normalized spacial score (nSPS) is 10.9. The van der Waals surface area contributed by atoms with Gasteiger partial charge in [-0.3, -0.25) is 0 Å². The highest BCUT2D eigenvalue weighted by Crippen LogP contribution is 2.13. The summed E-state index contributed by atoms with van der Waals surface area (Å²) in [5.41, 5.74) is 8.42. The van der Waals surface area contributed by atoms with Gasteiger partial charge in [-0.05, 0) is 55.8 Å². The lowest BCUT2D eigenvalue weighted by molar-refractivity contribution is 0.322. The first kappa shape index (κ1) is 14.5. The lowest BCUT2D eigenvalue weighted by Crippen LogP contribution is -2.19. The van der Waals surface area contributed by atoms with Gasteiger partial charge in [-0.1, -0.05) is 30.3 Å². The SMILES string of the molecule is CN(CCCc1ccccc1)Cc1cc(N)cc(F)c1. The smallest absolute Gasteiger partial charge is 0.125 e. The fourth-order valence-electron chi connectivity index (χ4n) is 2.36. The molecule has 0 saturated carbocycles. The first-order valence-corrected chi connectivity index (χ1v) is 6.91. The van der Waals surface area contributed by atoms with Gasteiger partial charge in [-0.15, -0.1) is 0 Å². The number of rotatable bonds is 6. The summed E-state index contributed by atoms with van der Waals surface area (Å²) in [7, 11) is 2.05. The summed E-state index contributed by atoms with van der Waals surface area (Å²) in [6.07, 6.45) is 2.15. The molecule has 2 rings (SSSR count). The van der Waals surface area contributed by atoms with Gasteiger partial charge in [0.2, 0.25) is 0 Å². The molecule has 0 saturated heterocycles. The van der Waals surface area contributed by atoms with Gasteiger partial charge < -0.3 is 10.6 Å². The van der Waals surface area contributed by atoms with E-state index >= 15 is 0 Å². The lowest BCUT2D eigenvalue weighted by atomic mass is 10.1. The monoisotopic (exact) mass is 272 g/mol. The molecule has 2 nitrogen and oxygen atoms in total. The van der Waals surface area contributed by atoms with Crippen LogP contribution in [0.2, 0.25) is 0 Å². The number of hydrogen-bond acceptors (Lipinski definition) is 2. The van der Waals surface area contributed by atoms with Crippen molar-refractivity contribution in [3.63, 3.8) is 0 Å². The number of nitrogens with two attached hydrogens (primary N) is 1. The number of aryl methyl sites for hydroxylation is 1. The maximum absolute atomic E-state index is 13.3. The van der Waals surface area contributed by atoms with Crippen molar-refractivity contribution in [3.05, 3.63) is 65.5 Å². The Morgan fingerprint density at radius 2 is 1.80 bits per heavy atom. The van der Waals surface area contributed by atoms with Gasteiger partial charge in [0.1, 0.15) is 5.82 Å². The van der Waals surface area contributed by atoms with E-state index in [0.717, 1.165) is 31.5 Å². The van der Waals surface area contributed by atoms with Gasteiger partial charge in [-0.2, -0.15) is 0 Å². The van der Waals surface area contributed by atoms with Crippen molar-refractivity contribution in [2.45, 2.75) is 19.4 Å². The number of hydrogen-bond donors (Lipinski definition) is 1. The minimum absolute atomic E-state index is 0.266. The molecule has 2 aromatic carbocycles. The van der Waals surface area contributed by atoms with E-state index in [1.165, 1.54) is 11.6 Å². The van der Waals surface area contributed by atoms with E-state index in [4.69, 9.17) is 5.73 Å². The maximum atomic E-state index is 13.3. The summed E-state index contributed by atoms with van der Waals surface area (Å²) >= 11 is 0. The largest absolute Gasteiger partial charge is 0.399 e. The molecule has 0 amide bonds. The molecule has 3 heteroatoms. The zero-order valence-corrected chi connectivity index (χ0v) is 11.8. The number of nitrogen functional groups attached to an aromatic ring is 1. The van der Waals surface area contributed by atoms with Crippen molar-refractivity contribution >= 4 is 5.69 Å². The second-order valence-corrected chi connectivity index (χ2v) is 5.22. The van der Waals surface area contributed by atoms with Crippen molar-refractivity contribution < 1.29 is 4.39 Å². The summed E-state index contributed by atoms with van der Waals surface area (Å²) in [5, 5.41) is 0. The van der Waals surface area contributed by atoms with Crippen LogP contribution in [0.25, 0.3) is 0 Å². The van der Waals surface area contributed by atoms with Gasteiger partial charge in [0.15, 0.2) is 0 Å². The van der Waals surface area contributed by atoms with Crippen molar-refractivity contribution in [1.82, 2.24) is 4.90 Å². The van der Waals surface area contributed by atoms with Gasteiger partial charge in [0.25, 0.3) is 0 Å². The quantitative estimate of drug-likeness (QED) is 0.816. The molecule has 2 aromatic rings. The van der Waals surface area contributed by atoms with Crippen LogP contribution in [0, 0.1) is 5.82 Å². The molecule has 0 radical (unpaired) electrons. The van der Waals surface area contributed by atoms with Crippen LogP contribution in [0.15, 0.2) is 48.5 Å². The molecule has 0 aliphatic rings. The van der Waals surface area contributed by atoms with E-state index in [9.17, 15) is 4.39 Å². The van der Waals surface area contributed by atoms with Crippen molar-refractivity contribution in [2.24, 2.45) is 0 Å². The molecular weight excluding hydrogens is 251 g/mol. The van der Waals surface area contributed by atoms with E-state index < -0.39 is 0 Å². The second kappa shape index (κ2) is 7.06. The van der Waals surface area contributed by atoms with Crippen LogP contribution in [-0.4, -0.2) is 18.5 Å². The molecule has 0 spiro atoms. The first-order valence-electron chi connectivity index (χ1n) is 6.91. The highest BCUT2D eigenvalue weighted by atomic mass is 19.1. The van der Waals surface area contributed by atoms with Gasteiger partial charge in [-0.25, -0.2) is 4.39 Å². The van der Waals surface area contributed by atoms with Crippen molar-refractivity contribution in [3.8, 4) is 0 Å². The third-order valence-electron chi connectivity index (χ3n) is 3.28. The molecule has 0 unspecified atom stereocenters. The van der Waals surface area contributed by atoms with Gasteiger partial charge >= 0.3 is 0 Å². The first-order chi connectivity index (χ1) is 9.63. The van der Waals surface area contributed by atoms with Crippen LogP contribution in [0.4, 0.5) is 10.1 Å². The molecular formula is C17H21FN2. The summed E-state index contributed by atoms with van der Waals surface area (Å²) in [5.74, 6) is -0.266. The third-order valence-corrected chi connectivity index (χ3v) is 3.28. The van der Waals surface area contributed by atoms with Crippen LogP contribution in [0.1, 0.15) is 17.5 Å². The van der Waals surface area contributed by atoms with E-state index in [1.807, 2.05) is 19.2 Å². The fraction of sp³-hybridized carbons (Fsp3) is 0.294. The van der Waals surface area contributed by atoms with Crippen LogP contribution >= 0.6 is 0 Å². The second-order valence-electron chi connectivity index (χ2n) is 5.22. The van der Waals surface area contributed by atoms with Crippen LogP contribution in [0.5, 0.6) is 0 Å². The number of anilines is 1. The summed E-state index contributed by atoms with van der Waals surface area (Å²) < 4.78 is 13.3. The predicted octanol–water partition coefficient (Wildman–Crippen LogP) is 3.47. The summed E-state index contributed by atoms with van der Waals surface area (Å²) in [6, 6.07) is 15.2.